The number of phenolic OH excluding ortho intramolecular Hbond substituents is 2. The summed E-state index contributed by atoms with van der Waals surface area (Å²) in [5.41, 5.74) is 15.8. The van der Waals surface area contributed by atoms with Gasteiger partial charge in [0.05, 0.1) is 24.2 Å². The molecular weight excluding hydrogens is 1060 g/mol. The van der Waals surface area contributed by atoms with Crippen LogP contribution in [0, 0.1) is 34.5 Å². The fourth-order valence-electron chi connectivity index (χ4n) is 15.4. The number of phenols is 5. The van der Waals surface area contributed by atoms with E-state index in [4.69, 9.17) is 25.7 Å². The zero-order chi connectivity index (χ0) is 58.9. The number of nitrogens with one attached hydrogen (secondary N) is 2. The van der Waals surface area contributed by atoms with E-state index in [1.54, 1.807) is 12.1 Å². The third kappa shape index (κ3) is 11.9. The van der Waals surface area contributed by atoms with E-state index < -0.39 is 58.4 Å². The summed E-state index contributed by atoms with van der Waals surface area (Å²) in [6.45, 7) is 4.65. The van der Waals surface area contributed by atoms with Crippen molar-refractivity contribution in [3.63, 3.8) is 0 Å². The molecule has 0 bridgehead atoms. The van der Waals surface area contributed by atoms with Gasteiger partial charge in [-0.2, -0.15) is 0 Å². The average Bonchev–Trinajstić information content (AvgIpc) is 2.02. The van der Waals surface area contributed by atoms with E-state index in [-0.39, 0.29) is 78.0 Å². The van der Waals surface area contributed by atoms with Crippen LogP contribution < -0.4 is 26.8 Å². The number of rotatable bonds is 15. The normalized spacial score (nSPS) is 26.1. The summed E-state index contributed by atoms with van der Waals surface area (Å²) >= 11 is 0. The van der Waals surface area contributed by atoms with E-state index in [1.165, 1.54) is 40.5 Å². The number of aryl methyl sites for hydroxylation is 2. The molecule has 5 aromatic rings. The van der Waals surface area contributed by atoms with Crippen molar-refractivity contribution < 1.29 is 68.5 Å². The van der Waals surface area contributed by atoms with Gasteiger partial charge in [-0.3, -0.25) is 28.8 Å². The summed E-state index contributed by atoms with van der Waals surface area (Å²) in [5.74, 6) is -1.78. The van der Waals surface area contributed by atoms with Gasteiger partial charge in [-0.25, -0.2) is 0 Å². The molecule has 4 saturated carbocycles. The number of carbonyl (C=O) groups excluding carboxylic acids is 6. The maximum atomic E-state index is 12.9. The van der Waals surface area contributed by atoms with Crippen molar-refractivity contribution >= 4 is 46.9 Å². The molecule has 18 heteroatoms. The molecule has 0 spiro atoms. The van der Waals surface area contributed by atoms with E-state index in [0.29, 0.717) is 47.0 Å². The van der Waals surface area contributed by atoms with Gasteiger partial charge in [-0.15, -0.1) is 0 Å². The predicted molar refractivity (Wildman–Crippen MR) is 307 cm³/mol. The van der Waals surface area contributed by atoms with Crippen LogP contribution in [-0.4, -0.2) is 73.3 Å². The number of primary amides is 2. The quantitative estimate of drug-likeness (QED) is 0.0268. The predicted octanol–water partition coefficient (Wildman–Crippen LogP) is 10.1. The minimum absolute atomic E-state index is 0.00130. The van der Waals surface area contributed by atoms with Crippen LogP contribution in [0.15, 0.2) is 91.0 Å². The van der Waals surface area contributed by atoms with E-state index in [2.05, 4.69) is 36.6 Å². The number of anilines is 2. The van der Waals surface area contributed by atoms with Crippen molar-refractivity contribution in [2.75, 3.05) is 10.6 Å². The van der Waals surface area contributed by atoms with E-state index >= 15 is 0 Å². The molecule has 0 radical (unpaired) electrons. The van der Waals surface area contributed by atoms with Gasteiger partial charge in [0.1, 0.15) is 52.9 Å². The van der Waals surface area contributed by atoms with E-state index in [9.17, 15) is 54.3 Å². The molecule has 83 heavy (non-hydrogen) atoms. The van der Waals surface area contributed by atoms with Crippen molar-refractivity contribution in [2.45, 2.75) is 147 Å². The molecule has 438 valence electrons. The monoisotopic (exact) mass is 1130 g/mol. The number of carbonyl (C=O) groups is 6. The SMILES string of the molecule is CC12CCC3c4ccc(O)cc4CCC3C1CCC2OC(=O)CCC(=O)Nc1ccc(O)c(C(N)=O)c1O.CC12CCC3c4ccc(O)cc4CCC3C1CCC2OC(=O)CCC(=O)Nc1ccc(OCc2ccccc2)c(C(N)=O)c1O. The van der Waals surface area contributed by atoms with Gasteiger partial charge in [0.25, 0.3) is 11.8 Å². The number of nitrogens with two attached hydrogens (primary N) is 2. The van der Waals surface area contributed by atoms with Gasteiger partial charge in [-0.05, 0) is 189 Å². The largest absolute Gasteiger partial charge is 0.508 e. The standard InChI is InChI=1S/C36H40N2O7.C29H34N2O7/c1-36-18-17-25-24-10-8-23(39)19-22(24)7-9-26(25)27(36)11-14-30(36)45-32(41)16-15-31(40)38-28-12-13-29(33(34(28)42)35(37)43)44-20-21-5-3-2-4-6-21;1-29-13-12-18-17-5-3-16(32)14-15(17)2-4-19(18)20(29)6-9-23(29)38-25(35)11-10-24(34)31-21-7-8-22(33)26(27(21)36)28(30)37/h2-6,8,10,12-13,19,25-27,30,39,42H,7,9,11,14-18,20H2,1H3,(H2,37,43)(H,38,40);3,5,7-8,14,18-20,23,32-33,36H,2,4,6,9-13H2,1H3,(H2,30,37)(H,31,34). The second kappa shape index (κ2) is 23.9. The number of fused-ring (bicyclic) bond motifs is 10. The Morgan fingerprint density at radius 2 is 1.01 bits per heavy atom. The lowest BCUT2D eigenvalue weighted by Crippen LogP contribution is -2.45. The zero-order valence-electron chi connectivity index (χ0n) is 46.9. The van der Waals surface area contributed by atoms with Crippen LogP contribution >= 0.6 is 0 Å². The first-order valence-electron chi connectivity index (χ1n) is 29.0. The first-order chi connectivity index (χ1) is 39.7. The lowest BCUT2D eigenvalue weighted by atomic mass is 9.55. The highest BCUT2D eigenvalue weighted by atomic mass is 16.5. The molecule has 10 unspecified atom stereocenters. The van der Waals surface area contributed by atoms with Crippen molar-refractivity contribution in [1.29, 1.82) is 0 Å². The molecule has 4 amide bonds. The summed E-state index contributed by atoms with van der Waals surface area (Å²) in [5, 5.41) is 55.5. The first kappa shape index (κ1) is 57.9. The topological polar surface area (TPSA) is 307 Å². The van der Waals surface area contributed by atoms with Gasteiger partial charge < -0.3 is 61.8 Å². The zero-order valence-corrected chi connectivity index (χ0v) is 46.9. The maximum Gasteiger partial charge on any atom is 0.306 e. The molecule has 0 aliphatic heterocycles. The Morgan fingerprint density at radius 1 is 0.542 bits per heavy atom. The molecule has 10 atom stereocenters. The van der Waals surface area contributed by atoms with Crippen molar-refractivity contribution in [3.8, 4) is 34.5 Å². The lowest BCUT2D eigenvalue weighted by molar-refractivity contribution is -0.158. The van der Waals surface area contributed by atoms with Gasteiger partial charge in [0.2, 0.25) is 11.8 Å². The van der Waals surface area contributed by atoms with Crippen molar-refractivity contribution in [1.82, 2.24) is 0 Å². The first-order valence-corrected chi connectivity index (χ1v) is 29.0. The van der Waals surface area contributed by atoms with Crippen LogP contribution in [0.4, 0.5) is 11.4 Å². The lowest BCUT2D eigenvalue weighted by Gasteiger charge is -2.50. The minimum atomic E-state index is -1.03. The number of esters is 2. The summed E-state index contributed by atoms with van der Waals surface area (Å²) in [6.07, 6.45) is 10.8. The number of hydrogen-bond donors (Lipinski definition) is 9. The Balaban J connectivity index is 0.000000188. The second-order valence-electron chi connectivity index (χ2n) is 24.1. The third-order valence-corrected chi connectivity index (χ3v) is 19.5. The summed E-state index contributed by atoms with van der Waals surface area (Å²) in [7, 11) is 0. The minimum Gasteiger partial charge on any atom is -0.508 e. The van der Waals surface area contributed by atoms with Crippen LogP contribution in [0.25, 0.3) is 0 Å². The summed E-state index contributed by atoms with van der Waals surface area (Å²) in [6, 6.07) is 26.2. The van der Waals surface area contributed by atoms with Crippen LogP contribution in [-0.2, 0) is 48.1 Å². The number of aromatic hydroxyl groups is 5. The second-order valence-corrected chi connectivity index (χ2v) is 24.1. The molecule has 18 nitrogen and oxygen atoms in total. The molecule has 5 aromatic carbocycles. The molecular formula is C65H74N4O14. The van der Waals surface area contributed by atoms with Crippen LogP contribution in [0.5, 0.6) is 34.5 Å². The highest BCUT2D eigenvalue weighted by molar-refractivity contribution is 6.04. The molecule has 6 aliphatic carbocycles. The Bertz CT molecular complexity index is 3330. The van der Waals surface area contributed by atoms with Crippen molar-refractivity contribution in [2.24, 2.45) is 46.0 Å². The molecule has 0 saturated heterocycles. The fourth-order valence-corrected chi connectivity index (χ4v) is 15.4. The summed E-state index contributed by atoms with van der Waals surface area (Å²) < 4.78 is 17.7. The number of ether oxygens (including phenoxy) is 3. The molecule has 11 rings (SSSR count). The molecule has 6 aliphatic rings. The van der Waals surface area contributed by atoms with Gasteiger partial charge in [0.15, 0.2) is 11.5 Å². The average molecular weight is 1140 g/mol. The Hall–Kier alpha value is -8.28. The number of amides is 4. The fraction of sp³-hybridized carbons (Fsp3) is 0.446. The van der Waals surface area contributed by atoms with Gasteiger partial charge in [0, 0.05) is 23.7 Å². The van der Waals surface area contributed by atoms with E-state index in [1.807, 2.05) is 42.5 Å². The smallest absolute Gasteiger partial charge is 0.306 e. The Morgan fingerprint density at radius 3 is 1.49 bits per heavy atom. The highest BCUT2D eigenvalue weighted by Gasteiger charge is 2.58. The molecule has 0 aromatic heterocycles. The molecule has 11 N–H and O–H groups in total. The third-order valence-electron chi connectivity index (χ3n) is 19.5. The van der Waals surface area contributed by atoms with E-state index in [0.717, 1.165) is 88.7 Å². The maximum absolute atomic E-state index is 12.9. The summed E-state index contributed by atoms with van der Waals surface area (Å²) in [4.78, 5) is 74.4. The highest BCUT2D eigenvalue weighted by Crippen LogP contribution is 2.63. The van der Waals surface area contributed by atoms with Crippen LogP contribution in [0.2, 0.25) is 0 Å². The molecule has 0 heterocycles. The number of hydrogen-bond acceptors (Lipinski definition) is 14. The van der Waals surface area contributed by atoms with Gasteiger partial charge >= 0.3 is 11.9 Å². The molecule has 4 fully saturated rings. The van der Waals surface area contributed by atoms with Crippen LogP contribution in [0.1, 0.15) is 164 Å². The Labute approximate surface area is 481 Å². The van der Waals surface area contributed by atoms with Crippen molar-refractivity contribution in [3.05, 3.63) is 130 Å². The number of benzene rings is 5. The van der Waals surface area contributed by atoms with Crippen LogP contribution in [0.3, 0.4) is 0 Å². The Kier molecular flexibility index (Phi) is 16.7. The van der Waals surface area contributed by atoms with Gasteiger partial charge in [-0.1, -0.05) is 56.3 Å².